The molecule has 1 aromatic rings. The molecule has 5 nitrogen and oxygen atoms in total. The fourth-order valence-electron chi connectivity index (χ4n) is 2.31. The number of sulfone groups is 1. The summed E-state index contributed by atoms with van der Waals surface area (Å²) in [5.41, 5.74) is -0.177. The standard InChI is InChI=1S/C12H14FNO4S/c1-8-7-19(17,18)6-5-14(8)11-9(12(15)16)3-2-4-10(11)13/h2-4,8H,5-7H2,1H3,(H,15,16). The second-order valence-electron chi connectivity index (χ2n) is 4.60. The maximum absolute atomic E-state index is 13.9. The van der Waals surface area contributed by atoms with Crippen LogP contribution in [-0.4, -0.2) is 43.6 Å². The van der Waals surface area contributed by atoms with Gasteiger partial charge in [0.1, 0.15) is 5.82 Å². The number of nitrogens with zero attached hydrogens (tertiary/aromatic N) is 1. The van der Waals surface area contributed by atoms with Gasteiger partial charge in [0.25, 0.3) is 0 Å². The lowest BCUT2D eigenvalue weighted by Gasteiger charge is -2.35. The normalized spacial score (nSPS) is 22.2. The van der Waals surface area contributed by atoms with Crippen LogP contribution in [0.3, 0.4) is 0 Å². The Hall–Kier alpha value is -1.63. The average molecular weight is 287 g/mol. The number of anilines is 1. The van der Waals surface area contributed by atoms with Gasteiger partial charge in [-0.3, -0.25) is 0 Å². The Balaban J connectivity index is 2.45. The summed E-state index contributed by atoms with van der Waals surface area (Å²) < 4.78 is 36.9. The third-order valence-electron chi connectivity index (χ3n) is 3.17. The number of hydrogen-bond donors (Lipinski definition) is 1. The highest BCUT2D eigenvalue weighted by Crippen LogP contribution is 2.28. The minimum atomic E-state index is -3.13. The van der Waals surface area contributed by atoms with E-state index >= 15 is 0 Å². The van der Waals surface area contributed by atoms with E-state index in [0.717, 1.165) is 0 Å². The predicted octanol–water partition coefficient (Wildman–Crippen LogP) is 1.15. The molecule has 1 atom stereocenters. The van der Waals surface area contributed by atoms with Crippen molar-refractivity contribution in [3.63, 3.8) is 0 Å². The Labute approximate surface area is 110 Å². The third-order valence-corrected chi connectivity index (χ3v) is 4.97. The minimum absolute atomic E-state index is 0.0302. The lowest BCUT2D eigenvalue weighted by molar-refractivity contribution is 0.0697. The van der Waals surface area contributed by atoms with Gasteiger partial charge in [-0.2, -0.15) is 0 Å². The number of carboxylic acids is 1. The number of para-hydroxylation sites is 1. The van der Waals surface area contributed by atoms with Crippen LogP contribution in [0.1, 0.15) is 17.3 Å². The zero-order valence-corrected chi connectivity index (χ0v) is 11.2. The van der Waals surface area contributed by atoms with Gasteiger partial charge in [-0.1, -0.05) is 6.07 Å². The van der Waals surface area contributed by atoms with E-state index in [0.29, 0.717) is 0 Å². The van der Waals surface area contributed by atoms with E-state index in [-0.39, 0.29) is 29.3 Å². The first-order valence-electron chi connectivity index (χ1n) is 5.81. The minimum Gasteiger partial charge on any atom is -0.478 e. The zero-order chi connectivity index (χ0) is 14.2. The second-order valence-corrected chi connectivity index (χ2v) is 6.83. The maximum Gasteiger partial charge on any atom is 0.337 e. The van der Waals surface area contributed by atoms with Crippen LogP contribution in [0.2, 0.25) is 0 Å². The number of benzene rings is 1. The summed E-state index contributed by atoms with van der Waals surface area (Å²) in [5, 5.41) is 9.10. The van der Waals surface area contributed by atoms with Gasteiger partial charge in [0.2, 0.25) is 0 Å². The molecular weight excluding hydrogens is 273 g/mol. The van der Waals surface area contributed by atoms with E-state index in [1.54, 1.807) is 6.92 Å². The SMILES string of the molecule is CC1CS(=O)(=O)CCN1c1c(F)cccc1C(=O)O. The Morgan fingerprint density at radius 1 is 1.47 bits per heavy atom. The summed E-state index contributed by atoms with van der Waals surface area (Å²) in [4.78, 5) is 12.7. The first kappa shape index (κ1) is 13.8. The summed E-state index contributed by atoms with van der Waals surface area (Å²) in [6.07, 6.45) is 0. The average Bonchev–Trinajstić information content (AvgIpc) is 2.28. The molecule has 0 aliphatic carbocycles. The molecule has 1 saturated heterocycles. The molecule has 1 aromatic carbocycles. The quantitative estimate of drug-likeness (QED) is 0.883. The van der Waals surface area contributed by atoms with Gasteiger partial charge in [-0.05, 0) is 19.1 Å². The van der Waals surface area contributed by atoms with Crippen molar-refractivity contribution in [3.05, 3.63) is 29.6 Å². The first-order valence-corrected chi connectivity index (χ1v) is 7.63. The van der Waals surface area contributed by atoms with Gasteiger partial charge in [0.15, 0.2) is 9.84 Å². The molecule has 104 valence electrons. The van der Waals surface area contributed by atoms with Crippen LogP contribution in [0.25, 0.3) is 0 Å². The third kappa shape index (κ3) is 2.70. The molecule has 0 saturated carbocycles. The summed E-state index contributed by atoms with van der Waals surface area (Å²) in [6.45, 7) is 1.75. The monoisotopic (exact) mass is 287 g/mol. The highest BCUT2D eigenvalue weighted by molar-refractivity contribution is 7.91. The number of halogens is 1. The summed E-state index contributed by atoms with van der Waals surface area (Å²) in [5.74, 6) is -2.06. The number of aromatic carboxylic acids is 1. The molecule has 1 aliphatic heterocycles. The highest BCUT2D eigenvalue weighted by atomic mass is 32.2. The van der Waals surface area contributed by atoms with E-state index < -0.39 is 27.7 Å². The molecule has 1 unspecified atom stereocenters. The van der Waals surface area contributed by atoms with Crippen molar-refractivity contribution in [1.29, 1.82) is 0 Å². The van der Waals surface area contributed by atoms with Gasteiger partial charge in [-0.15, -0.1) is 0 Å². The van der Waals surface area contributed by atoms with Crippen LogP contribution in [0.4, 0.5) is 10.1 Å². The zero-order valence-electron chi connectivity index (χ0n) is 10.3. The van der Waals surface area contributed by atoms with Crippen molar-refractivity contribution in [2.24, 2.45) is 0 Å². The first-order chi connectivity index (χ1) is 8.82. The lowest BCUT2D eigenvalue weighted by atomic mass is 10.1. The van der Waals surface area contributed by atoms with Crippen molar-refractivity contribution in [2.75, 3.05) is 23.0 Å². The smallest absolute Gasteiger partial charge is 0.337 e. The molecular formula is C12H14FNO4S. The van der Waals surface area contributed by atoms with Crippen molar-refractivity contribution in [3.8, 4) is 0 Å². The van der Waals surface area contributed by atoms with E-state index in [4.69, 9.17) is 5.11 Å². The Morgan fingerprint density at radius 2 is 2.16 bits per heavy atom. The van der Waals surface area contributed by atoms with Crippen molar-refractivity contribution in [1.82, 2.24) is 0 Å². The fraction of sp³-hybridized carbons (Fsp3) is 0.417. The van der Waals surface area contributed by atoms with E-state index in [2.05, 4.69) is 0 Å². The molecule has 2 rings (SSSR count). The van der Waals surface area contributed by atoms with Gasteiger partial charge < -0.3 is 10.0 Å². The number of hydrogen-bond acceptors (Lipinski definition) is 4. The molecule has 7 heteroatoms. The Morgan fingerprint density at radius 3 is 2.74 bits per heavy atom. The summed E-state index contributed by atoms with van der Waals surface area (Å²) in [6, 6.07) is 3.37. The Kier molecular flexibility index (Phi) is 3.49. The lowest BCUT2D eigenvalue weighted by Crippen LogP contribution is -2.47. The van der Waals surface area contributed by atoms with E-state index in [1.807, 2.05) is 0 Å². The van der Waals surface area contributed by atoms with E-state index in [1.165, 1.54) is 23.1 Å². The van der Waals surface area contributed by atoms with Crippen LogP contribution in [0.5, 0.6) is 0 Å². The Bertz CT molecular complexity index is 614. The summed E-state index contributed by atoms with van der Waals surface area (Å²) in [7, 11) is -3.13. The van der Waals surface area contributed by atoms with Crippen molar-refractivity contribution in [2.45, 2.75) is 13.0 Å². The molecule has 0 aromatic heterocycles. The van der Waals surface area contributed by atoms with Gasteiger partial charge in [-0.25, -0.2) is 17.6 Å². The largest absolute Gasteiger partial charge is 0.478 e. The van der Waals surface area contributed by atoms with Crippen molar-refractivity contribution >= 4 is 21.5 Å². The molecule has 1 fully saturated rings. The second kappa shape index (κ2) is 4.80. The number of carbonyl (C=O) groups is 1. The van der Waals surface area contributed by atoms with Crippen molar-refractivity contribution < 1.29 is 22.7 Å². The van der Waals surface area contributed by atoms with Gasteiger partial charge in [0, 0.05) is 12.6 Å². The molecule has 19 heavy (non-hydrogen) atoms. The maximum atomic E-state index is 13.9. The number of rotatable bonds is 2. The topological polar surface area (TPSA) is 74.7 Å². The molecule has 1 heterocycles. The number of carboxylic acid groups (broad SMARTS) is 1. The molecule has 1 N–H and O–H groups in total. The highest BCUT2D eigenvalue weighted by Gasteiger charge is 2.31. The van der Waals surface area contributed by atoms with Crippen LogP contribution in [-0.2, 0) is 9.84 Å². The van der Waals surface area contributed by atoms with Gasteiger partial charge >= 0.3 is 5.97 Å². The molecule has 1 aliphatic rings. The van der Waals surface area contributed by atoms with Crippen LogP contribution in [0, 0.1) is 5.82 Å². The summed E-state index contributed by atoms with van der Waals surface area (Å²) >= 11 is 0. The van der Waals surface area contributed by atoms with Crippen LogP contribution in [0.15, 0.2) is 18.2 Å². The van der Waals surface area contributed by atoms with E-state index in [9.17, 15) is 17.6 Å². The predicted molar refractivity (Wildman–Crippen MR) is 68.8 cm³/mol. The molecule has 0 amide bonds. The van der Waals surface area contributed by atoms with Crippen LogP contribution < -0.4 is 4.90 Å². The molecule has 0 bridgehead atoms. The van der Waals surface area contributed by atoms with Gasteiger partial charge in [0.05, 0.1) is 22.8 Å². The van der Waals surface area contributed by atoms with Crippen LogP contribution >= 0.6 is 0 Å². The molecule has 0 radical (unpaired) electrons. The molecule has 0 spiro atoms. The fourth-order valence-corrected chi connectivity index (χ4v) is 3.87.